The van der Waals surface area contributed by atoms with E-state index in [9.17, 15) is 5.11 Å². The Bertz CT molecular complexity index is 421. The number of hydrogen-bond acceptors (Lipinski definition) is 4. The molecule has 0 aromatic heterocycles. The van der Waals surface area contributed by atoms with Crippen LogP contribution in [0.15, 0.2) is 18.2 Å². The Hall–Kier alpha value is -1.42. The fourth-order valence-corrected chi connectivity index (χ4v) is 2.59. The average Bonchev–Trinajstić information content (AvgIpc) is 2.41. The minimum Gasteiger partial charge on any atom is -0.489 e. The van der Waals surface area contributed by atoms with E-state index in [0.717, 1.165) is 24.4 Å². The second kappa shape index (κ2) is 6.15. The van der Waals surface area contributed by atoms with Gasteiger partial charge in [0.1, 0.15) is 5.75 Å². The van der Waals surface area contributed by atoms with Crippen LogP contribution in [0, 0.1) is 0 Å². The van der Waals surface area contributed by atoms with Gasteiger partial charge in [0.25, 0.3) is 0 Å². The zero-order valence-electron chi connectivity index (χ0n) is 11.8. The Morgan fingerprint density at radius 1 is 1.42 bits per heavy atom. The third-order valence-corrected chi connectivity index (χ3v) is 3.53. The van der Waals surface area contributed by atoms with Gasteiger partial charge in [-0.2, -0.15) is 0 Å². The summed E-state index contributed by atoms with van der Waals surface area (Å²) < 4.78 is 5.73. The number of anilines is 2. The summed E-state index contributed by atoms with van der Waals surface area (Å²) in [4.78, 5) is 2.26. The first-order chi connectivity index (χ1) is 9.11. The molecule has 1 fully saturated rings. The summed E-state index contributed by atoms with van der Waals surface area (Å²) in [5, 5.41) is 9.49. The molecule has 3 N–H and O–H groups in total. The molecule has 1 aromatic carbocycles. The predicted octanol–water partition coefficient (Wildman–Crippen LogP) is 2.41. The molecule has 0 spiro atoms. The van der Waals surface area contributed by atoms with Crippen LogP contribution in [0.1, 0.15) is 33.1 Å². The first-order valence-electron chi connectivity index (χ1n) is 7.05. The Morgan fingerprint density at radius 3 is 2.89 bits per heavy atom. The Morgan fingerprint density at radius 2 is 2.21 bits per heavy atom. The van der Waals surface area contributed by atoms with E-state index in [4.69, 9.17) is 10.5 Å². The maximum Gasteiger partial charge on any atom is 0.144 e. The topological polar surface area (TPSA) is 58.7 Å². The van der Waals surface area contributed by atoms with Crippen LogP contribution >= 0.6 is 0 Å². The zero-order chi connectivity index (χ0) is 13.8. The summed E-state index contributed by atoms with van der Waals surface area (Å²) in [5.41, 5.74) is 7.69. The molecule has 1 heterocycles. The van der Waals surface area contributed by atoms with Gasteiger partial charge in [-0.15, -0.1) is 0 Å². The van der Waals surface area contributed by atoms with Gasteiger partial charge < -0.3 is 20.5 Å². The molecule has 0 amide bonds. The minimum absolute atomic E-state index is 0.104. The fourth-order valence-electron chi connectivity index (χ4n) is 2.59. The van der Waals surface area contributed by atoms with Gasteiger partial charge in [0.05, 0.1) is 24.4 Å². The summed E-state index contributed by atoms with van der Waals surface area (Å²) >= 11 is 0. The summed E-state index contributed by atoms with van der Waals surface area (Å²) in [5.74, 6) is 0.731. The van der Waals surface area contributed by atoms with Crippen LogP contribution in [0.4, 0.5) is 11.4 Å². The molecule has 4 heteroatoms. The highest BCUT2D eigenvalue weighted by molar-refractivity contribution is 5.63. The highest BCUT2D eigenvalue weighted by atomic mass is 16.5. The van der Waals surface area contributed by atoms with Crippen LogP contribution in [-0.4, -0.2) is 30.4 Å². The van der Waals surface area contributed by atoms with Gasteiger partial charge >= 0.3 is 0 Å². The molecule has 0 aliphatic carbocycles. The molecule has 1 unspecified atom stereocenters. The fraction of sp³-hybridized carbons (Fsp3) is 0.600. The van der Waals surface area contributed by atoms with Gasteiger partial charge in [-0.25, -0.2) is 0 Å². The minimum atomic E-state index is 0.104. The van der Waals surface area contributed by atoms with Crippen molar-refractivity contribution in [2.45, 2.75) is 45.3 Å². The van der Waals surface area contributed by atoms with Gasteiger partial charge in [0, 0.05) is 18.3 Å². The van der Waals surface area contributed by atoms with E-state index in [1.165, 1.54) is 12.8 Å². The Kier molecular flexibility index (Phi) is 4.53. The van der Waals surface area contributed by atoms with E-state index >= 15 is 0 Å². The van der Waals surface area contributed by atoms with Crippen molar-refractivity contribution in [1.29, 1.82) is 0 Å². The van der Waals surface area contributed by atoms with Crippen molar-refractivity contribution in [3.63, 3.8) is 0 Å². The normalized spacial score (nSPS) is 19.8. The summed E-state index contributed by atoms with van der Waals surface area (Å²) in [6, 6.07) is 6.10. The van der Waals surface area contributed by atoms with Crippen molar-refractivity contribution < 1.29 is 9.84 Å². The molecule has 0 radical (unpaired) electrons. The molecule has 1 aliphatic rings. The van der Waals surface area contributed by atoms with Crippen molar-refractivity contribution in [3.8, 4) is 5.75 Å². The van der Waals surface area contributed by atoms with Gasteiger partial charge in [-0.3, -0.25) is 0 Å². The first kappa shape index (κ1) is 14.0. The van der Waals surface area contributed by atoms with Crippen LogP contribution in [0.5, 0.6) is 5.75 Å². The van der Waals surface area contributed by atoms with Crippen molar-refractivity contribution in [3.05, 3.63) is 18.2 Å². The first-order valence-corrected chi connectivity index (χ1v) is 7.05. The van der Waals surface area contributed by atoms with E-state index in [-0.39, 0.29) is 18.8 Å². The Balaban J connectivity index is 2.23. The smallest absolute Gasteiger partial charge is 0.144 e. The van der Waals surface area contributed by atoms with Crippen LogP contribution in [0.25, 0.3) is 0 Å². The molecule has 19 heavy (non-hydrogen) atoms. The number of nitrogen functional groups attached to an aromatic ring is 1. The third kappa shape index (κ3) is 3.32. The second-order valence-electron chi connectivity index (χ2n) is 5.41. The van der Waals surface area contributed by atoms with E-state index in [2.05, 4.69) is 4.90 Å². The van der Waals surface area contributed by atoms with Crippen LogP contribution in [0.2, 0.25) is 0 Å². The highest BCUT2D eigenvalue weighted by Gasteiger charge is 2.22. The Labute approximate surface area is 115 Å². The summed E-state index contributed by atoms with van der Waals surface area (Å²) in [6.07, 6.45) is 3.50. The predicted molar refractivity (Wildman–Crippen MR) is 78.7 cm³/mol. The third-order valence-electron chi connectivity index (χ3n) is 3.53. The van der Waals surface area contributed by atoms with Gasteiger partial charge in [-0.1, -0.05) is 0 Å². The number of aliphatic hydroxyl groups is 1. The lowest BCUT2D eigenvalue weighted by Gasteiger charge is -2.36. The standard InChI is InChI=1S/C15H24N2O2/c1-11(2)19-15-9-12(6-7-14(15)16)17-8-4-3-5-13(17)10-18/h6-7,9,11,13,18H,3-5,8,10,16H2,1-2H3. The number of piperidine rings is 1. The molecular weight excluding hydrogens is 240 g/mol. The van der Waals surface area contributed by atoms with E-state index in [0.29, 0.717) is 5.69 Å². The van der Waals surface area contributed by atoms with Crippen molar-refractivity contribution in [2.75, 3.05) is 23.8 Å². The number of nitrogens with two attached hydrogens (primary N) is 1. The summed E-state index contributed by atoms with van der Waals surface area (Å²) in [6.45, 7) is 5.16. The van der Waals surface area contributed by atoms with Gasteiger partial charge in [0.2, 0.25) is 0 Å². The molecule has 1 atom stereocenters. The number of hydrogen-bond donors (Lipinski definition) is 2. The number of benzene rings is 1. The lowest BCUT2D eigenvalue weighted by molar-refractivity contribution is 0.238. The largest absolute Gasteiger partial charge is 0.489 e. The number of aliphatic hydroxyl groups excluding tert-OH is 1. The molecular formula is C15H24N2O2. The molecule has 0 saturated carbocycles. The SMILES string of the molecule is CC(C)Oc1cc(N2CCCCC2CO)ccc1N. The van der Waals surface area contributed by atoms with E-state index in [1.54, 1.807) is 0 Å². The summed E-state index contributed by atoms with van der Waals surface area (Å²) in [7, 11) is 0. The van der Waals surface area contributed by atoms with Gasteiger partial charge in [-0.05, 0) is 45.2 Å². The number of nitrogens with zero attached hydrogens (tertiary/aromatic N) is 1. The molecule has 2 rings (SSSR count). The molecule has 1 saturated heterocycles. The lowest BCUT2D eigenvalue weighted by Crippen LogP contribution is -2.41. The molecule has 4 nitrogen and oxygen atoms in total. The highest BCUT2D eigenvalue weighted by Crippen LogP contribution is 2.31. The van der Waals surface area contributed by atoms with Crippen LogP contribution in [0.3, 0.4) is 0 Å². The zero-order valence-corrected chi connectivity index (χ0v) is 11.8. The quantitative estimate of drug-likeness (QED) is 0.820. The van der Waals surface area contributed by atoms with Gasteiger partial charge in [0.15, 0.2) is 0 Å². The van der Waals surface area contributed by atoms with Crippen molar-refractivity contribution in [2.24, 2.45) is 0 Å². The second-order valence-corrected chi connectivity index (χ2v) is 5.41. The monoisotopic (exact) mass is 264 g/mol. The number of ether oxygens (including phenoxy) is 1. The maximum absolute atomic E-state index is 9.49. The molecule has 106 valence electrons. The van der Waals surface area contributed by atoms with E-state index in [1.807, 2.05) is 32.0 Å². The molecule has 1 aliphatic heterocycles. The van der Waals surface area contributed by atoms with Crippen LogP contribution < -0.4 is 15.4 Å². The maximum atomic E-state index is 9.49. The van der Waals surface area contributed by atoms with E-state index < -0.39 is 0 Å². The average molecular weight is 264 g/mol. The lowest BCUT2D eigenvalue weighted by atomic mass is 10.0. The molecule has 0 bridgehead atoms. The molecule has 1 aromatic rings. The van der Waals surface area contributed by atoms with Crippen molar-refractivity contribution >= 4 is 11.4 Å². The number of rotatable bonds is 4. The van der Waals surface area contributed by atoms with Crippen molar-refractivity contribution in [1.82, 2.24) is 0 Å². The van der Waals surface area contributed by atoms with Crippen LogP contribution in [-0.2, 0) is 0 Å².